The van der Waals surface area contributed by atoms with Crippen LogP contribution in [0.5, 0.6) is 11.5 Å². The number of primary amides is 1. The smallest absolute Gasteiger partial charge is 0.423 e. The minimum atomic E-state index is -5.49. The lowest BCUT2D eigenvalue weighted by Crippen LogP contribution is -2.51. The predicted octanol–water partition coefficient (Wildman–Crippen LogP) is 4.57. The SMILES string of the molecule is NC(=O)N1c2ccc(F)cc2C(O)(C(F)(F)F)C1c1cc2c(c3c1C(c1cc(F)ccc1Cl)NC3=O)OCO2. The monoisotopic (exact) mass is 567 g/mol. The van der Waals surface area contributed by atoms with Crippen LogP contribution in [-0.4, -0.2) is 30.0 Å². The van der Waals surface area contributed by atoms with Gasteiger partial charge in [0, 0.05) is 21.7 Å². The molecule has 3 atom stereocenters. The number of anilines is 1. The van der Waals surface area contributed by atoms with E-state index < -0.39 is 64.2 Å². The van der Waals surface area contributed by atoms with Gasteiger partial charge in [0.05, 0.1) is 17.3 Å². The third-order valence-corrected chi connectivity index (χ3v) is 7.39. The highest BCUT2D eigenvalue weighted by Gasteiger charge is 2.68. The maximum Gasteiger partial charge on any atom is 0.423 e. The molecule has 14 heteroatoms. The van der Waals surface area contributed by atoms with Crippen LogP contribution in [0.25, 0.3) is 0 Å². The van der Waals surface area contributed by atoms with Crippen LogP contribution in [0.4, 0.5) is 32.4 Å². The zero-order valence-corrected chi connectivity index (χ0v) is 20.0. The Morgan fingerprint density at radius 2 is 1.79 bits per heavy atom. The Bertz CT molecular complexity index is 1600. The fourth-order valence-corrected chi connectivity index (χ4v) is 5.73. The molecule has 0 saturated heterocycles. The maximum atomic E-state index is 14.8. The van der Waals surface area contributed by atoms with E-state index in [1.165, 1.54) is 6.07 Å². The molecule has 0 spiro atoms. The summed E-state index contributed by atoms with van der Waals surface area (Å²) in [6.45, 7) is -0.386. The van der Waals surface area contributed by atoms with E-state index in [1.54, 1.807) is 0 Å². The second-order valence-corrected chi connectivity index (χ2v) is 9.50. The molecule has 0 aliphatic carbocycles. The Balaban J connectivity index is 1.71. The molecule has 8 nitrogen and oxygen atoms in total. The van der Waals surface area contributed by atoms with Gasteiger partial charge in [0.15, 0.2) is 11.5 Å². The van der Waals surface area contributed by atoms with E-state index in [-0.39, 0.29) is 40.0 Å². The minimum Gasteiger partial charge on any atom is -0.454 e. The van der Waals surface area contributed by atoms with Crippen LogP contribution >= 0.6 is 11.6 Å². The Kier molecular flexibility index (Phi) is 5.30. The van der Waals surface area contributed by atoms with E-state index in [4.69, 9.17) is 26.8 Å². The molecule has 0 bridgehead atoms. The molecule has 0 fully saturated rings. The van der Waals surface area contributed by atoms with Crippen LogP contribution in [0.2, 0.25) is 5.02 Å². The topological polar surface area (TPSA) is 114 Å². The Labute approximate surface area is 220 Å². The summed E-state index contributed by atoms with van der Waals surface area (Å²) in [5.41, 5.74) is -0.760. The Morgan fingerprint density at radius 1 is 1.10 bits per heavy atom. The van der Waals surface area contributed by atoms with Gasteiger partial charge in [-0.1, -0.05) is 11.6 Å². The number of aliphatic hydroxyl groups is 1. The molecule has 3 aliphatic heterocycles. The van der Waals surface area contributed by atoms with E-state index in [2.05, 4.69) is 5.32 Å². The third kappa shape index (κ3) is 3.39. The van der Waals surface area contributed by atoms with E-state index in [0.717, 1.165) is 30.3 Å². The number of hydrogen-bond donors (Lipinski definition) is 3. The van der Waals surface area contributed by atoms with Crippen molar-refractivity contribution in [3.05, 3.63) is 86.9 Å². The van der Waals surface area contributed by atoms with Crippen LogP contribution in [0.1, 0.15) is 44.7 Å². The number of ether oxygens (including phenoxy) is 2. The summed E-state index contributed by atoms with van der Waals surface area (Å²) in [5.74, 6) is -2.95. The lowest BCUT2D eigenvalue weighted by molar-refractivity contribution is -0.271. The number of amides is 3. The molecule has 4 N–H and O–H groups in total. The summed E-state index contributed by atoms with van der Waals surface area (Å²) in [4.78, 5) is 26.3. The van der Waals surface area contributed by atoms with Crippen molar-refractivity contribution in [2.75, 3.05) is 11.7 Å². The summed E-state index contributed by atoms with van der Waals surface area (Å²) in [6, 6.07) is 1.32. The number of rotatable bonds is 2. The molecule has 6 rings (SSSR count). The molecule has 3 amide bonds. The standard InChI is InChI=1S/C25H15ClF5N3O5/c26-14-3-1-9(27)5-11(14)19-17-12(7-16-20(39-8-38-16)18(17)22(35)33-19)21-24(37,25(29,30)31)13-6-10(28)2-4-15(13)34(21)23(32)36/h1-7,19,21,37H,8H2,(H2,32,36)(H,33,35). The number of fused-ring (bicyclic) bond motifs is 4. The van der Waals surface area contributed by atoms with Crippen molar-refractivity contribution in [1.29, 1.82) is 0 Å². The number of carbonyl (C=O) groups excluding carboxylic acids is 2. The van der Waals surface area contributed by atoms with Crippen LogP contribution in [0, 0.1) is 11.6 Å². The van der Waals surface area contributed by atoms with Crippen molar-refractivity contribution in [3.63, 3.8) is 0 Å². The van der Waals surface area contributed by atoms with E-state index in [0.29, 0.717) is 11.0 Å². The van der Waals surface area contributed by atoms with Crippen LogP contribution in [0.15, 0.2) is 42.5 Å². The summed E-state index contributed by atoms with van der Waals surface area (Å²) in [6.07, 6.45) is -5.49. The van der Waals surface area contributed by atoms with Crippen molar-refractivity contribution in [1.82, 2.24) is 5.32 Å². The van der Waals surface area contributed by atoms with Gasteiger partial charge in [0.1, 0.15) is 17.7 Å². The van der Waals surface area contributed by atoms with Gasteiger partial charge >= 0.3 is 12.2 Å². The number of urea groups is 1. The fourth-order valence-electron chi connectivity index (χ4n) is 5.50. The second kappa shape index (κ2) is 8.20. The first-order valence-electron chi connectivity index (χ1n) is 11.2. The maximum absolute atomic E-state index is 14.8. The minimum absolute atomic E-state index is 0.0217. The van der Waals surface area contributed by atoms with Crippen molar-refractivity contribution in [2.24, 2.45) is 5.73 Å². The van der Waals surface area contributed by atoms with Gasteiger partial charge in [-0.2, -0.15) is 13.2 Å². The van der Waals surface area contributed by atoms with Crippen molar-refractivity contribution < 1.29 is 46.1 Å². The largest absolute Gasteiger partial charge is 0.454 e. The number of alkyl halides is 3. The summed E-state index contributed by atoms with van der Waals surface area (Å²) >= 11 is 6.29. The molecule has 0 saturated carbocycles. The highest BCUT2D eigenvalue weighted by atomic mass is 35.5. The lowest BCUT2D eigenvalue weighted by atomic mass is 9.80. The van der Waals surface area contributed by atoms with Gasteiger partial charge in [-0.3, -0.25) is 9.69 Å². The van der Waals surface area contributed by atoms with Gasteiger partial charge in [-0.25, -0.2) is 13.6 Å². The molecule has 3 aliphatic rings. The molecule has 0 radical (unpaired) electrons. The van der Waals surface area contributed by atoms with E-state index in [1.807, 2.05) is 0 Å². The molecule has 3 unspecified atom stereocenters. The van der Waals surface area contributed by atoms with Crippen molar-refractivity contribution in [2.45, 2.75) is 23.9 Å². The highest BCUT2D eigenvalue weighted by Crippen LogP contribution is 2.61. The summed E-state index contributed by atoms with van der Waals surface area (Å²) in [7, 11) is 0. The molecule has 3 aromatic carbocycles. The average Bonchev–Trinajstić information content (AvgIpc) is 3.53. The fraction of sp³-hybridized carbons (Fsp3) is 0.200. The first-order valence-corrected chi connectivity index (χ1v) is 11.6. The van der Waals surface area contributed by atoms with Crippen LogP contribution in [-0.2, 0) is 5.60 Å². The summed E-state index contributed by atoms with van der Waals surface area (Å²) < 4.78 is 83.6. The quantitative estimate of drug-likeness (QED) is 0.393. The number of benzene rings is 3. The van der Waals surface area contributed by atoms with E-state index >= 15 is 0 Å². The van der Waals surface area contributed by atoms with Gasteiger partial charge in [0.25, 0.3) is 5.91 Å². The Morgan fingerprint density at radius 3 is 2.49 bits per heavy atom. The predicted molar refractivity (Wildman–Crippen MR) is 124 cm³/mol. The highest BCUT2D eigenvalue weighted by molar-refractivity contribution is 6.31. The molecule has 0 aromatic heterocycles. The zero-order chi connectivity index (χ0) is 28.0. The van der Waals surface area contributed by atoms with Gasteiger partial charge in [-0.05, 0) is 48.0 Å². The molecule has 3 aromatic rings. The zero-order valence-electron chi connectivity index (χ0n) is 19.3. The van der Waals surface area contributed by atoms with Crippen LogP contribution < -0.4 is 25.4 Å². The number of nitrogens with two attached hydrogens (primary N) is 1. The van der Waals surface area contributed by atoms with Gasteiger partial charge in [0.2, 0.25) is 12.4 Å². The van der Waals surface area contributed by atoms with Crippen LogP contribution in [0.3, 0.4) is 0 Å². The number of nitrogens with zero attached hydrogens (tertiary/aromatic N) is 1. The lowest BCUT2D eigenvalue weighted by Gasteiger charge is -2.37. The number of hydrogen-bond acceptors (Lipinski definition) is 5. The second-order valence-electron chi connectivity index (χ2n) is 9.10. The van der Waals surface area contributed by atoms with Gasteiger partial charge < -0.3 is 25.6 Å². The first-order chi connectivity index (χ1) is 18.3. The molecule has 39 heavy (non-hydrogen) atoms. The average molecular weight is 568 g/mol. The van der Waals surface area contributed by atoms with Crippen molar-refractivity contribution >= 4 is 29.2 Å². The third-order valence-electron chi connectivity index (χ3n) is 7.04. The molecule has 202 valence electrons. The number of halogens is 6. The number of carbonyl (C=O) groups is 2. The summed E-state index contributed by atoms with van der Waals surface area (Å²) in [5, 5.41) is 14.0. The first kappa shape index (κ1) is 25.2. The molecular weight excluding hydrogens is 553 g/mol. The van der Waals surface area contributed by atoms with Gasteiger partial charge in [-0.15, -0.1) is 0 Å². The van der Waals surface area contributed by atoms with E-state index in [9.17, 15) is 36.6 Å². The number of nitrogens with one attached hydrogen (secondary N) is 1. The normalized spacial score (nSPS) is 23.1. The molecule has 3 heterocycles. The van der Waals surface area contributed by atoms with Crippen molar-refractivity contribution in [3.8, 4) is 11.5 Å². The molecular formula is C25H15ClF5N3O5. The Hall–Kier alpha value is -4.10.